The van der Waals surface area contributed by atoms with Gasteiger partial charge >= 0.3 is 0 Å². The lowest BCUT2D eigenvalue weighted by Crippen LogP contribution is -2.33. The number of carbonyl (C=O) groups is 2. The molecule has 1 saturated heterocycles. The van der Waals surface area contributed by atoms with Crippen LogP contribution in [0.25, 0.3) is 10.1 Å². The van der Waals surface area contributed by atoms with E-state index in [9.17, 15) is 9.59 Å². The summed E-state index contributed by atoms with van der Waals surface area (Å²) in [6.07, 6.45) is 2.12. The van der Waals surface area contributed by atoms with Crippen LogP contribution < -0.4 is 10.6 Å². The largest absolute Gasteiger partial charge is 0.339 e. The smallest absolute Gasteiger partial charge is 0.269 e. The van der Waals surface area contributed by atoms with Crippen molar-refractivity contribution in [1.82, 2.24) is 10.2 Å². The second kappa shape index (κ2) is 8.49. The molecule has 3 aromatic rings. The Morgan fingerprint density at radius 3 is 2.41 bits per heavy atom. The van der Waals surface area contributed by atoms with Crippen molar-refractivity contribution in [3.05, 3.63) is 64.0 Å². The van der Waals surface area contributed by atoms with Gasteiger partial charge in [-0.05, 0) is 55.4 Å². The van der Waals surface area contributed by atoms with Crippen molar-refractivity contribution in [2.24, 2.45) is 0 Å². The zero-order valence-electron chi connectivity index (χ0n) is 15.4. The first-order valence-electron chi connectivity index (χ1n) is 9.21. The lowest BCUT2D eigenvalue weighted by molar-refractivity contribution is 0.0792. The van der Waals surface area contributed by atoms with Gasteiger partial charge in [0.25, 0.3) is 11.8 Å². The fourth-order valence-electron chi connectivity index (χ4n) is 3.28. The number of nitrogens with one attached hydrogen (secondary N) is 2. The minimum atomic E-state index is -0.352. The van der Waals surface area contributed by atoms with Crippen molar-refractivity contribution in [2.45, 2.75) is 12.8 Å². The van der Waals surface area contributed by atoms with Gasteiger partial charge in [-0.3, -0.25) is 14.9 Å². The molecular weight excluding hydrogens is 426 g/mol. The normalized spacial score (nSPS) is 13.5. The van der Waals surface area contributed by atoms with Crippen LogP contribution in [0.4, 0.5) is 5.69 Å². The second-order valence-electron chi connectivity index (χ2n) is 6.73. The van der Waals surface area contributed by atoms with Crippen molar-refractivity contribution in [3.8, 4) is 0 Å². The lowest BCUT2D eigenvalue weighted by Gasteiger charge is -2.15. The number of nitrogens with zero attached hydrogens (tertiary/aromatic N) is 1. The van der Waals surface area contributed by atoms with E-state index in [-0.39, 0.29) is 16.9 Å². The lowest BCUT2D eigenvalue weighted by atomic mass is 10.2. The maximum Gasteiger partial charge on any atom is 0.269 e. The standard InChI is InChI=1S/C21H18ClN3O2S2/c22-17-15-5-1-2-6-16(15)29-18(17)19(26)24-21(28)23-14-9-7-13(8-10-14)20(27)25-11-3-4-12-25/h1-2,5-10H,3-4,11-12H2,(H2,23,24,26,28). The summed E-state index contributed by atoms with van der Waals surface area (Å²) in [5.41, 5.74) is 1.33. The van der Waals surface area contributed by atoms with E-state index in [1.165, 1.54) is 11.3 Å². The predicted octanol–water partition coefficient (Wildman–Crippen LogP) is 4.92. The van der Waals surface area contributed by atoms with E-state index in [1.54, 1.807) is 24.3 Å². The van der Waals surface area contributed by atoms with E-state index in [1.807, 2.05) is 29.2 Å². The molecule has 29 heavy (non-hydrogen) atoms. The molecule has 5 nitrogen and oxygen atoms in total. The van der Waals surface area contributed by atoms with E-state index >= 15 is 0 Å². The van der Waals surface area contributed by atoms with Gasteiger partial charge in [-0.1, -0.05) is 29.8 Å². The summed E-state index contributed by atoms with van der Waals surface area (Å²) >= 11 is 12.9. The van der Waals surface area contributed by atoms with Gasteiger partial charge in [0.15, 0.2) is 5.11 Å². The molecule has 0 atom stereocenters. The van der Waals surface area contributed by atoms with Crippen molar-refractivity contribution in [2.75, 3.05) is 18.4 Å². The van der Waals surface area contributed by atoms with Gasteiger partial charge in [-0.2, -0.15) is 0 Å². The Kier molecular flexibility index (Phi) is 5.80. The van der Waals surface area contributed by atoms with Crippen LogP contribution in [0.3, 0.4) is 0 Å². The highest BCUT2D eigenvalue weighted by Crippen LogP contribution is 2.35. The minimum absolute atomic E-state index is 0.0457. The van der Waals surface area contributed by atoms with Gasteiger partial charge in [0.05, 0.1) is 5.02 Å². The maximum atomic E-state index is 12.6. The molecule has 0 spiro atoms. The van der Waals surface area contributed by atoms with E-state index in [2.05, 4.69) is 10.6 Å². The zero-order chi connectivity index (χ0) is 20.4. The number of thiocarbonyl (C=S) groups is 1. The van der Waals surface area contributed by atoms with Crippen LogP contribution in [-0.4, -0.2) is 34.9 Å². The fraction of sp³-hybridized carbons (Fsp3) is 0.190. The fourth-order valence-corrected chi connectivity index (χ4v) is 4.90. The van der Waals surface area contributed by atoms with Crippen molar-refractivity contribution < 1.29 is 9.59 Å². The van der Waals surface area contributed by atoms with Crippen LogP contribution in [0.1, 0.15) is 32.9 Å². The molecule has 1 aliphatic heterocycles. The number of hydrogen-bond donors (Lipinski definition) is 2. The molecule has 0 bridgehead atoms. The van der Waals surface area contributed by atoms with Crippen LogP contribution >= 0.6 is 35.2 Å². The Morgan fingerprint density at radius 2 is 1.72 bits per heavy atom. The molecule has 1 aliphatic rings. The first kappa shape index (κ1) is 19.8. The van der Waals surface area contributed by atoms with Crippen LogP contribution in [0.2, 0.25) is 5.02 Å². The summed E-state index contributed by atoms with van der Waals surface area (Å²) in [5.74, 6) is -0.307. The molecular formula is C21H18ClN3O2S2. The number of benzene rings is 2. The van der Waals surface area contributed by atoms with Gasteiger partial charge in [0.1, 0.15) is 4.88 Å². The average Bonchev–Trinajstić information content (AvgIpc) is 3.37. The van der Waals surface area contributed by atoms with E-state index in [4.69, 9.17) is 23.8 Å². The molecule has 0 saturated carbocycles. The Hall–Kier alpha value is -2.48. The summed E-state index contributed by atoms with van der Waals surface area (Å²) in [4.78, 5) is 27.2. The summed E-state index contributed by atoms with van der Waals surface area (Å²) in [6.45, 7) is 1.63. The highest BCUT2D eigenvalue weighted by atomic mass is 35.5. The van der Waals surface area contributed by atoms with Gasteiger partial charge < -0.3 is 10.2 Å². The summed E-state index contributed by atoms with van der Waals surface area (Å²) in [7, 11) is 0. The number of thiophene rings is 1. The summed E-state index contributed by atoms with van der Waals surface area (Å²) < 4.78 is 0.944. The molecule has 0 radical (unpaired) electrons. The molecule has 2 N–H and O–H groups in total. The quantitative estimate of drug-likeness (QED) is 0.564. The number of amides is 2. The Morgan fingerprint density at radius 1 is 1.03 bits per heavy atom. The molecule has 1 fully saturated rings. The van der Waals surface area contributed by atoms with Gasteiger partial charge in [-0.15, -0.1) is 11.3 Å². The summed E-state index contributed by atoms with van der Waals surface area (Å²) in [5, 5.41) is 7.07. The van der Waals surface area contributed by atoms with Crippen LogP contribution in [0.15, 0.2) is 48.5 Å². The average molecular weight is 444 g/mol. The van der Waals surface area contributed by atoms with Crippen LogP contribution in [0, 0.1) is 0 Å². The topological polar surface area (TPSA) is 61.4 Å². The molecule has 148 valence electrons. The number of hydrogen-bond acceptors (Lipinski definition) is 4. The minimum Gasteiger partial charge on any atom is -0.339 e. The van der Waals surface area contributed by atoms with Gasteiger partial charge in [0, 0.05) is 34.4 Å². The molecule has 2 aromatic carbocycles. The third-order valence-electron chi connectivity index (χ3n) is 4.75. The van der Waals surface area contributed by atoms with Crippen LogP contribution in [0.5, 0.6) is 0 Å². The predicted molar refractivity (Wildman–Crippen MR) is 122 cm³/mol. The maximum absolute atomic E-state index is 12.6. The SMILES string of the molecule is O=C(NC(=S)Nc1ccc(C(=O)N2CCCC2)cc1)c1sc2ccccc2c1Cl. The third-order valence-corrected chi connectivity index (χ3v) is 6.63. The van der Waals surface area contributed by atoms with Gasteiger partial charge in [0.2, 0.25) is 0 Å². The van der Waals surface area contributed by atoms with Crippen LogP contribution in [-0.2, 0) is 0 Å². The molecule has 2 amide bonds. The molecule has 0 unspecified atom stereocenters. The summed E-state index contributed by atoms with van der Waals surface area (Å²) in [6, 6.07) is 14.7. The Balaban J connectivity index is 1.39. The number of rotatable bonds is 3. The highest BCUT2D eigenvalue weighted by Gasteiger charge is 2.20. The molecule has 2 heterocycles. The second-order valence-corrected chi connectivity index (χ2v) is 8.56. The molecule has 4 rings (SSSR count). The monoisotopic (exact) mass is 443 g/mol. The first-order chi connectivity index (χ1) is 14.0. The highest BCUT2D eigenvalue weighted by molar-refractivity contribution is 7.80. The number of halogens is 1. The van der Waals surface area contributed by atoms with Crippen molar-refractivity contribution >= 4 is 67.9 Å². The third kappa shape index (κ3) is 4.27. The zero-order valence-corrected chi connectivity index (χ0v) is 17.8. The molecule has 8 heteroatoms. The Bertz CT molecular complexity index is 1090. The van der Waals surface area contributed by atoms with Crippen molar-refractivity contribution in [3.63, 3.8) is 0 Å². The molecule has 0 aliphatic carbocycles. The van der Waals surface area contributed by atoms with E-state index < -0.39 is 0 Å². The number of fused-ring (bicyclic) bond motifs is 1. The first-order valence-corrected chi connectivity index (χ1v) is 10.8. The molecule has 1 aromatic heterocycles. The number of carbonyl (C=O) groups excluding carboxylic acids is 2. The van der Waals surface area contributed by atoms with Crippen molar-refractivity contribution in [1.29, 1.82) is 0 Å². The number of likely N-dealkylation sites (tertiary alicyclic amines) is 1. The van der Waals surface area contributed by atoms with E-state index in [0.29, 0.717) is 21.2 Å². The number of anilines is 1. The van der Waals surface area contributed by atoms with E-state index in [0.717, 1.165) is 36.0 Å². The Labute approximate surface area is 182 Å². The van der Waals surface area contributed by atoms with Gasteiger partial charge in [-0.25, -0.2) is 0 Å².